The number of para-hydroxylation sites is 1. The van der Waals surface area contributed by atoms with Crippen molar-refractivity contribution in [2.45, 2.75) is 38.8 Å². The number of piperidine rings is 1. The predicted molar refractivity (Wildman–Crippen MR) is 102 cm³/mol. The summed E-state index contributed by atoms with van der Waals surface area (Å²) >= 11 is 0. The first-order chi connectivity index (χ1) is 12.7. The van der Waals surface area contributed by atoms with Crippen LogP contribution in [0.1, 0.15) is 37.1 Å². The molecule has 6 nitrogen and oxygen atoms in total. The lowest BCUT2D eigenvalue weighted by molar-refractivity contribution is 0.195. The van der Waals surface area contributed by atoms with E-state index < -0.39 is 0 Å². The van der Waals surface area contributed by atoms with Crippen LogP contribution < -0.4 is 5.69 Å². The third kappa shape index (κ3) is 3.05. The maximum Gasteiger partial charge on any atom is 0.345 e. The first kappa shape index (κ1) is 17.0. The van der Waals surface area contributed by atoms with Gasteiger partial charge < -0.3 is 0 Å². The summed E-state index contributed by atoms with van der Waals surface area (Å²) in [5, 5.41) is 5.75. The van der Waals surface area contributed by atoms with Crippen LogP contribution in [0.5, 0.6) is 0 Å². The smallest absolute Gasteiger partial charge is 0.298 e. The molecule has 0 unspecified atom stereocenters. The molecule has 1 aromatic carbocycles. The van der Waals surface area contributed by atoms with E-state index in [9.17, 15) is 4.79 Å². The molecule has 0 bridgehead atoms. The van der Waals surface area contributed by atoms with Crippen LogP contribution in [-0.2, 0) is 20.1 Å². The molecule has 0 spiro atoms. The SMILES string of the molecule is CCn1c([C@@H]2CCCN(Cc3ccnc4ccccc34)C2)nn(C)c1=O. The molecule has 1 aliphatic rings. The summed E-state index contributed by atoms with van der Waals surface area (Å²) in [5.74, 6) is 1.25. The number of aryl methyl sites for hydroxylation is 1. The number of fused-ring (bicyclic) bond motifs is 1. The molecule has 26 heavy (non-hydrogen) atoms. The normalized spacial score (nSPS) is 18.5. The molecule has 0 N–H and O–H groups in total. The van der Waals surface area contributed by atoms with Crippen molar-refractivity contribution in [3.63, 3.8) is 0 Å². The van der Waals surface area contributed by atoms with Gasteiger partial charge in [-0.05, 0) is 44.0 Å². The molecule has 6 heteroatoms. The van der Waals surface area contributed by atoms with Gasteiger partial charge in [0.25, 0.3) is 0 Å². The minimum absolute atomic E-state index is 0.0141. The van der Waals surface area contributed by atoms with Crippen molar-refractivity contribution in [1.29, 1.82) is 0 Å². The van der Waals surface area contributed by atoms with E-state index in [1.807, 2.05) is 23.8 Å². The second kappa shape index (κ2) is 7.03. The van der Waals surface area contributed by atoms with E-state index in [2.05, 4.69) is 39.2 Å². The highest BCUT2D eigenvalue weighted by Gasteiger charge is 2.26. The maximum absolute atomic E-state index is 12.2. The second-order valence-electron chi connectivity index (χ2n) is 7.07. The van der Waals surface area contributed by atoms with Crippen molar-refractivity contribution in [3.8, 4) is 0 Å². The monoisotopic (exact) mass is 351 g/mol. The van der Waals surface area contributed by atoms with Gasteiger partial charge in [-0.15, -0.1) is 0 Å². The Kier molecular flexibility index (Phi) is 4.59. The molecule has 0 saturated carbocycles. The fourth-order valence-electron chi connectivity index (χ4n) is 4.07. The highest BCUT2D eigenvalue weighted by Crippen LogP contribution is 2.27. The van der Waals surface area contributed by atoms with E-state index in [0.29, 0.717) is 12.5 Å². The van der Waals surface area contributed by atoms with E-state index in [4.69, 9.17) is 0 Å². The molecule has 3 heterocycles. The number of hydrogen-bond donors (Lipinski definition) is 0. The first-order valence-corrected chi connectivity index (χ1v) is 9.36. The third-order valence-corrected chi connectivity index (χ3v) is 5.36. The fourth-order valence-corrected chi connectivity index (χ4v) is 4.07. The number of benzene rings is 1. The topological polar surface area (TPSA) is 56.0 Å². The molecule has 2 aromatic heterocycles. The Morgan fingerprint density at radius 2 is 2.08 bits per heavy atom. The van der Waals surface area contributed by atoms with Crippen LogP contribution >= 0.6 is 0 Å². The number of rotatable bonds is 4. The Morgan fingerprint density at radius 3 is 2.92 bits per heavy atom. The maximum atomic E-state index is 12.2. The van der Waals surface area contributed by atoms with Crippen LogP contribution in [0, 0.1) is 0 Å². The van der Waals surface area contributed by atoms with Gasteiger partial charge in [0.1, 0.15) is 5.82 Å². The number of likely N-dealkylation sites (tertiary alicyclic amines) is 1. The minimum Gasteiger partial charge on any atom is -0.298 e. The third-order valence-electron chi connectivity index (χ3n) is 5.36. The van der Waals surface area contributed by atoms with Gasteiger partial charge in [0, 0.05) is 44.2 Å². The Bertz CT molecular complexity index is 968. The number of nitrogens with zero attached hydrogens (tertiary/aromatic N) is 5. The molecule has 1 atom stereocenters. The van der Waals surface area contributed by atoms with E-state index in [1.165, 1.54) is 15.6 Å². The average molecular weight is 351 g/mol. The van der Waals surface area contributed by atoms with Gasteiger partial charge in [0.2, 0.25) is 0 Å². The summed E-state index contributed by atoms with van der Waals surface area (Å²) < 4.78 is 3.28. The standard InChI is InChI=1S/C20H25N5O/c1-3-25-19(22-23(2)20(25)26)16-7-6-12-24(14-16)13-15-10-11-21-18-9-5-4-8-17(15)18/h4-5,8-11,16H,3,6-7,12-14H2,1-2H3/t16-/m1/s1. The summed E-state index contributed by atoms with van der Waals surface area (Å²) in [7, 11) is 1.74. The van der Waals surface area contributed by atoms with Crippen LogP contribution in [0.25, 0.3) is 10.9 Å². The molecular weight excluding hydrogens is 326 g/mol. The lowest BCUT2D eigenvalue weighted by Crippen LogP contribution is -2.35. The highest BCUT2D eigenvalue weighted by molar-refractivity contribution is 5.81. The number of pyridine rings is 1. The Balaban J connectivity index is 1.58. The summed E-state index contributed by atoms with van der Waals surface area (Å²) in [4.78, 5) is 19.2. The Labute approximate surface area is 153 Å². The molecule has 1 aliphatic heterocycles. The van der Waals surface area contributed by atoms with Crippen LogP contribution in [-0.4, -0.2) is 37.3 Å². The van der Waals surface area contributed by atoms with Crippen molar-refractivity contribution in [3.05, 3.63) is 58.4 Å². The van der Waals surface area contributed by atoms with Crippen molar-refractivity contribution >= 4 is 10.9 Å². The molecule has 0 amide bonds. The van der Waals surface area contributed by atoms with Gasteiger partial charge in [-0.25, -0.2) is 9.48 Å². The van der Waals surface area contributed by atoms with E-state index >= 15 is 0 Å². The van der Waals surface area contributed by atoms with E-state index in [-0.39, 0.29) is 5.69 Å². The molecule has 4 rings (SSSR count). The molecule has 136 valence electrons. The van der Waals surface area contributed by atoms with Crippen molar-refractivity contribution < 1.29 is 0 Å². The highest BCUT2D eigenvalue weighted by atomic mass is 16.2. The second-order valence-corrected chi connectivity index (χ2v) is 7.07. The van der Waals surface area contributed by atoms with Gasteiger partial charge >= 0.3 is 5.69 Å². The van der Waals surface area contributed by atoms with Crippen LogP contribution in [0.3, 0.4) is 0 Å². The van der Waals surface area contributed by atoms with Crippen molar-refractivity contribution in [2.75, 3.05) is 13.1 Å². The Hall–Kier alpha value is -2.47. The number of hydrogen-bond acceptors (Lipinski definition) is 4. The van der Waals surface area contributed by atoms with Gasteiger partial charge in [-0.3, -0.25) is 14.5 Å². The summed E-state index contributed by atoms with van der Waals surface area (Å²) in [5.41, 5.74) is 2.34. The molecule has 1 saturated heterocycles. The van der Waals surface area contributed by atoms with Gasteiger partial charge in [-0.2, -0.15) is 5.10 Å². The summed E-state index contributed by atoms with van der Waals surface area (Å²) in [6, 6.07) is 10.4. The average Bonchev–Trinajstić information content (AvgIpc) is 2.96. The minimum atomic E-state index is -0.0141. The molecule has 1 fully saturated rings. The lowest BCUT2D eigenvalue weighted by atomic mass is 9.96. The van der Waals surface area contributed by atoms with Crippen LogP contribution in [0.2, 0.25) is 0 Å². The summed E-state index contributed by atoms with van der Waals surface area (Å²) in [6.45, 7) is 5.61. The summed E-state index contributed by atoms with van der Waals surface area (Å²) in [6.07, 6.45) is 4.11. The lowest BCUT2D eigenvalue weighted by Gasteiger charge is -2.32. The van der Waals surface area contributed by atoms with E-state index in [0.717, 1.165) is 43.8 Å². The van der Waals surface area contributed by atoms with Crippen LogP contribution in [0.15, 0.2) is 41.3 Å². The zero-order valence-electron chi connectivity index (χ0n) is 15.4. The van der Waals surface area contributed by atoms with Crippen molar-refractivity contribution in [1.82, 2.24) is 24.2 Å². The van der Waals surface area contributed by atoms with Crippen LogP contribution in [0.4, 0.5) is 0 Å². The Morgan fingerprint density at radius 1 is 1.23 bits per heavy atom. The first-order valence-electron chi connectivity index (χ1n) is 9.36. The number of aromatic nitrogens is 4. The quantitative estimate of drug-likeness (QED) is 0.725. The zero-order chi connectivity index (χ0) is 18.1. The van der Waals surface area contributed by atoms with E-state index in [1.54, 1.807) is 7.05 Å². The molecule has 3 aromatic rings. The van der Waals surface area contributed by atoms with Crippen molar-refractivity contribution in [2.24, 2.45) is 7.05 Å². The fraction of sp³-hybridized carbons (Fsp3) is 0.450. The molecule has 0 radical (unpaired) electrons. The largest absolute Gasteiger partial charge is 0.345 e. The zero-order valence-corrected chi connectivity index (χ0v) is 15.4. The van der Waals surface area contributed by atoms with Gasteiger partial charge in [0.15, 0.2) is 0 Å². The molecular formula is C20H25N5O. The predicted octanol–water partition coefficient (Wildman–Crippen LogP) is 2.53. The van der Waals surface area contributed by atoms with Gasteiger partial charge in [0.05, 0.1) is 5.52 Å². The van der Waals surface area contributed by atoms with Gasteiger partial charge in [-0.1, -0.05) is 18.2 Å². The molecule has 0 aliphatic carbocycles.